The minimum Gasteiger partial charge on any atom is -0.392 e. The van der Waals surface area contributed by atoms with Crippen LogP contribution in [0.15, 0.2) is 24.3 Å². The zero-order valence-electron chi connectivity index (χ0n) is 14.7. The molecule has 1 saturated carbocycles. The van der Waals surface area contributed by atoms with E-state index in [0.29, 0.717) is 45.5 Å². The molecule has 3 N–H and O–H groups in total. The Hall–Kier alpha value is -1.35. The van der Waals surface area contributed by atoms with Gasteiger partial charge in [-0.3, -0.25) is 4.79 Å². The predicted octanol–water partition coefficient (Wildman–Crippen LogP) is 2.46. The van der Waals surface area contributed by atoms with Gasteiger partial charge in [0.05, 0.1) is 24.4 Å². The number of alkyl halides is 3. The Morgan fingerprint density at radius 3 is 2.56 bits per heavy atom. The quantitative estimate of drug-likeness (QED) is 0.802. The molecule has 5 nitrogen and oxygen atoms in total. The molecule has 2 fully saturated rings. The third-order valence-corrected chi connectivity index (χ3v) is 5.60. The Kier molecular flexibility index (Phi) is 6.78. The fourth-order valence-corrected chi connectivity index (χ4v) is 3.96. The molecule has 0 unspecified atom stereocenters. The average Bonchev–Trinajstić information content (AvgIpc) is 2.64. The lowest BCUT2D eigenvalue weighted by atomic mass is 9.58. The molecule has 3 rings (SSSR count). The average molecular weight is 409 g/mol. The third kappa shape index (κ3) is 4.23. The number of carbonyl (C=O) groups is 1. The number of nitrogens with zero attached hydrogens (tertiary/aromatic N) is 1. The van der Waals surface area contributed by atoms with Crippen LogP contribution in [0.3, 0.4) is 0 Å². The van der Waals surface area contributed by atoms with Gasteiger partial charge in [0.1, 0.15) is 0 Å². The first-order valence-electron chi connectivity index (χ1n) is 8.74. The molecular formula is C18H24ClF3N2O3. The number of halogens is 4. The summed E-state index contributed by atoms with van der Waals surface area (Å²) >= 11 is 0. The molecule has 1 heterocycles. The molecule has 1 saturated heterocycles. The van der Waals surface area contributed by atoms with E-state index in [0.717, 1.165) is 12.1 Å². The minimum atomic E-state index is -4.48. The number of likely N-dealkylation sites (tertiary alicyclic amines) is 1. The first-order chi connectivity index (χ1) is 12.3. The van der Waals surface area contributed by atoms with Crippen molar-refractivity contribution in [2.45, 2.75) is 37.6 Å². The highest BCUT2D eigenvalue weighted by Gasteiger charge is 2.56. The summed E-state index contributed by atoms with van der Waals surface area (Å²) in [5, 5.41) is 10.2. The number of aliphatic hydroxyl groups is 1. The number of piperidine rings is 1. The van der Waals surface area contributed by atoms with Gasteiger partial charge in [-0.2, -0.15) is 13.2 Å². The van der Waals surface area contributed by atoms with Crippen LogP contribution in [-0.2, 0) is 10.9 Å². The summed E-state index contributed by atoms with van der Waals surface area (Å²) < 4.78 is 44.2. The number of rotatable bonds is 4. The van der Waals surface area contributed by atoms with E-state index in [-0.39, 0.29) is 29.5 Å². The van der Waals surface area contributed by atoms with Crippen molar-refractivity contribution in [3.8, 4) is 0 Å². The Morgan fingerprint density at radius 2 is 2.00 bits per heavy atom. The number of ether oxygens (including phenoxy) is 1. The Labute approximate surface area is 162 Å². The summed E-state index contributed by atoms with van der Waals surface area (Å²) in [6.07, 6.45) is -3.35. The monoisotopic (exact) mass is 408 g/mol. The molecule has 1 amide bonds. The SMILES string of the molecule is Cl.NCCO[C@H]1C[C@@H](O)C12CCN(C(=O)c1cccc(C(F)(F)F)c1)CC2. The van der Waals surface area contributed by atoms with Crippen molar-refractivity contribution in [3.05, 3.63) is 35.4 Å². The Bertz CT molecular complexity index is 663. The van der Waals surface area contributed by atoms with Gasteiger partial charge in [0.25, 0.3) is 5.91 Å². The lowest BCUT2D eigenvalue weighted by molar-refractivity contribution is -0.207. The molecule has 1 aliphatic heterocycles. The number of aliphatic hydroxyl groups excluding tert-OH is 1. The second kappa shape index (κ2) is 8.34. The van der Waals surface area contributed by atoms with Gasteiger partial charge in [0.2, 0.25) is 0 Å². The van der Waals surface area contributed by atoms with Crippen molar-refractivity contribution in [2.24, 2.45) is 11.1 Å². The molecule has 1 spiro atoms. The van der Waals surface area contributed by atoms with E-state index in [1.54, 1.807) is 4.90 Å². The summed E-state index contributed by atoms with van der Waals surface area (Å²) in [5.41, 5.74) is 4.28. The second-order valence-electron chi connectivity index (χ2n) is 7.00. The lowest BCUT2D eigenvalue weighted by Crippen LogP contribution is -2.62. The highest BCUT2D eigenvalue weighted by Crippen LogP contribution is 2.51. The van der Waals surface area contributed by atoms with Crippen LogP contribution in [0.5, 0.6) is 0 Å². The van der Waals surface area contributed by atoms with Crippen LogP contribution >= 0.6 is 12.4 Å². The van der Waals surface area contributed by atoms with E-state index in [2.05, 4.69) is 0 Å². The number of benzene rings is 1. The fraction of sp³-hybridized carbons (Fsp3) is 0.611. The topological polar surface area (TPSA) is 75.8 Å². The van der Waals surface area contributed by atoms with Gasteiger partial charge in [-0.15, -0.1) is 12.4 Å². The first kappa shape index (κ1) is 21.9. The van der Waals surface area contributed by atoms with E-state index in [4.69, 9.17) is 10.5 Å². The first-order valence-corrected chi connectivity index (χ1v) is 8.74. The van der Waals surface area contributed by atoms with Gasteiger partial charge in [-0.1, -0.05) is 6.07 Å². The van der Waals surface area contributed by atoms with Crippen molar-refractivity contribution in [1.82, 2.24) is 4.90 Å². The van der Waals surface area contributed by atoms with E-state index in [1.807, 2.05) is 0 Å². The van der Waals surface area contributed by atoms with Crippen molar-refractivity contribution in [2.75, 3.05) is 26.2 Å². The number of nitrogens with two attached hydrogens (primary N) is 1. The fourth-order valence-electron chi connectivity index (χ4n) is 3.96. The summed E-state index contributed by atoms with van der Waals surface area (Å²) in [6, 6.07) is 4.48. The van der Waals surface area contributed by atoms with Gasteiger partial charge < -0.3 is 20.5 Å². The summed E-state index contributed by atoms with van der Waals surface area (Å²) in [6.45, 7) is 1.60. The maximum Gasteiger partial charge on any atom is 0.416 e. The summed E-state index contributed by atoms with van der Waals surface area (Å²) in [7, 11) is 0. The molecule has 2 atom stereocenters. The Balaban J connectivity index is 0.00000261. The van der Waals surface area contributed by atoms with Crippen LogP contribution in [0.25, 0.3) is 0 Å². The van der Waals surface area contributed by atoms with E-state index in [1.165, 1.54) is 12.1 Å². The smallest absolute Gasteiger partial charge is 0.392 e. The van der Waals surface area contributed by atoms with Gasteiger partial charge >= 0.3 is 6.18 Å². The van der Waals surface area contributed by atoms with Crippen LogP contribution in [0, 0.1) is 5.41 Å². The van der Waals surface area contributed by atoms with E-state index < -0.39 is 23.8 Å². The molecule has 1 aliphatic carbocycles. The molecule has 1 aromatic carbocycles. The molecule has 0 radical (unpaired) electrons. The van der Waals surface area contributed by atoms with Crippen molar-refractivity contribution >= 4 is 18.3 Å². The number of amides is 1. The highest BCUT2D eigenvalue weighted by atomic mass is 35.5. The van der Waals surface area contributed by atoms with Gasteiger partial charge in [-0.25, -0.2) is 0 Å². The molecule has 0 aromatic heterocycles. The van der Waals surface area contributed by atoms with Crippen LogP contribution in [-0.4, -0.2) is 54.4 Å². The van der Waals surface area contributed by atoms with Crippen LogP contribution in [0.1, 0.15) is 35.2 Å². The maximum atomic E-state index is 12.8. The van der Waals surface area contributed by atoms with Crippen LogP contribution in [0.2, 0.25) is 0 Å². The minimum absolute atomic E-state index is 0. The zero-order chi connectivity index (χ0) is 18.9. The molecule has 1 aromatic rings. The van der Waals surface area contributed by atoms with Crippen LogP contribution < -0.4 is 5.73 Å². The molecule has 9 heteroatoms. The summed E-state index contributed by atoms with van der Waals surface area (Å²) in [5.74, 6) is -0.417. The van der Waals surface area contributed by atoms with Crippen molar-refractivity contribution in [3.63, 3.8) is 0 Å². The van der Waals surface area contributed by atoms with Crippen LogP contribution in [0.4, 0.5) is 13.2 Å². The molecule has 2 aliphatic rings. The largest absolute Gasteiger partial charge is 0.416 e. The Morgan fingerprint density at radius 1 is 1.33 bits per heavy atom. The highest BCUT2D eigenvalue weighted by molar-refractivity contribution is 5.94. The van der Waals surface area contributed by atoms with Crippen molar-refractivity contribution < 1.29 is 27.8 Å². The van der Waals surface area contributed by atoms with Crippen molar-refractivity contribution in [1.29, 1.82) is 0 Å². The number of carbonyl (C=O) groups excluding carboxylic acids is 1. The molecular weight excluding hydrogens is 385 g/mol. The normalized spacial score (nSPS) is 24.3. The molecule has 152 valence electrons. The zero-order valence-corrected chi connectivity index (χ0v) is 15.6. The van der Waals surface area contributed by atoms with E-state index >= 15 is 0 Å². The molecule has 27 heavy (non-hydrogen) atoms. The van der Waals surface area contributed by atoms with Gasteiger partial charge in [0, 0.05) is 37.0 Å². The predicted molar refractivity (Wildman–Crippen MR) is 95.7 cm³/mol. The summed E-state index contributed by atoms with van der Waals surface area (Å²) in [4.78, 5) is 14.1. The third-order valence-electron chi connectivity index (χ3n) is 5.60. The van der Waals surface area contributed by atoms with Gasteiger partial charge in [0.15, 0.2) is 0 Å². The van der Waals surface area contributed by atoms with Gasteiger partial charge in [-0.05, 0) is 31.0 Å². The number of hydrogen-bond acceptors (Lipinski definition) is 4. The number of hydrogen-bond donors (Lipinski definition) is 2. The second-order valence-corrected chi connectivity index (χ2v) is 7.00. The van der Waals surface area contributed by atoms with E-state index in [9.17, 15) is 23.1 Å². The molecule has 0 bridgehead atoms. The lowest BCUT2D eigenvalue weighted by Gasteiger charge is -2.56. The standard InChI is InChI=1S/C18H23F3N2O3.ClH/c19-18(20,21)13-3-1-2-12(10-13)16(25)23-7-4-17(5-8-23)14(24)11-15(17)26-9-6-22;/h1-3,10,14-15,24H,4-9,11,22H2;1H/t14-,15+;/m1./s1. The maximum absolute atomic E-state index is 12.8.